The molecule has 6 heteroatoms. The average Bonchev–Trinajstić information content (AvgIpc) is 3.09. The van der Waals surface area contributed by atoms with Gasteiger partial charge in [0.2, 0.25) is 0 Å². The van der Waals surface area contributed by atoms with Crippen molar-refractivity contribution in [2.75, 3.05) is 32.0 Å². The number of thiophene rings is 1. The van der Waals surface area contributed by atoms with Gasteiger partial charge in [-0.1, -0.05) is 0 Å². The lowest BCUT2D eigenvalue weighted by Crippen LogP contribution is -2.47. The number of piperidine rings is 1. The van der Waals surface area contributed by atoms with E-state index >= 15 is 0 Å². The van der Waals surface area contributed by atoms with E-state index in [9.17, 15) is 4.79 Å². The van der Waals surface area contributed by atoms with Crippen LogP contribution < -0.4 is 10.6 Å². The topological polar surface area (TPSA) is 57.3 Å². The number of pyridine rings is 1. The van der Waals surface area contributed by atoms with Crippen LogP contribution in [0.1, 0.15) is 23.3 Å². The fourth-order valence-corrected chi connectivity index (χ4v) is 4.53. The first kappa shape index (κ1) is 14.0. The predicted molar refractivity (Wildman–Crippen MR) is 89.6 cm³/mol. The van der Waals surface area contributed by atoms with E-state index in [2.05, 4.69) is 26.6 Å². The summed E-state index contributed by atoms with van der Waals surface area (Å²) in [6.45, 7) is 3.37. The quantitative estimate of drug-likeness (QED) is 0.911. The number of hydrogen-bond donors (Lipinski definition) is 2. The summed E-state index contributed by atoms with van der Waals surface area (Å²) in [5, 5.41) is 8.46. The Kier molecular flexibility index (Phi) is 3.50. The summed E-state index contributed by atoms with van der Waals surface area (Å²) in [6.07, 6.45) is 4.17. The monoisotopic (exact) mass is 316 g/mol. The Labute approximate surface area is 133 Å². The molecule has 2 aliphatic heterocycles. The molecule has 2 aliphatic rings. The molecule has 22 heavy (non-hydrogen) atoms. The first-order valence-corrected chi connectivity index (χ1v) is 8.63. The van der Waals surface area contributed by atoms with E-state index in [1.165, 1.54) is 19.5 Å². The van der Waals surface area contributed by atoms with E-state index < -0.39 is 0 Å². The fourth-order valence-electron chi connectivity index (χ4n) is 3.60. The maximum atomic E-state index is 12.5. The van der Waals surface area contributed by atoms with Crippen molar-refractivity contribution >= 4 is 32.3 Å². The number of nitrogens with zero attached hydrogens (tertiary/aromatic N) is 2. The van der Waals surface area contributed by atoms with Crippen LogP contribution in [0.25, 0.3) is 10.1 Å². The van der Waals surface area contributed by atoms with Crippen LogP contribution in [0.15, 0.2) is 18.3 Å². The first-order chi connectivity index (χ1) is 10.7. The number of amides is 1. The number of nitrogens with one attached hydrogen (secondary N) is 2. The van der Waals surface area contributed by atoms with Gasteiger partial charge in [-0.05, 0) is 37.4 Å². The third-order valence-electron chi connectivity index (χ3n) is 4.68. The molecule has 3 atom stereocenters. The highest BCUT2D eigenvalue weighted by molar-refractivity contribution is 7.22. The lowest BCUT2D eigenvalue weighted by Gasteiger charge is -2.30. The van der Waals surface area contributed by atoms with Crippen molar-refractivity contribution in [2.24, 2.45) is 5.92 Å². The molecule has 1 unspecified atom stereocenters. The Bertz CT molecular complexity index is 701. The zero-order valence-electron chi connectivity index (χ0n) is 12.6. The van der Waals surface area contributed by atoms with Crippen molar-refractivity contribution in [3.8, 4) is 0 Å². The molecule has 4 heterocycles. The van der Waals surface area contributed by atoms with E-state index in [0.29, 0.717) is 5.69 Å². The van der Waals surface area contributed by atoms with Crippen LogP contribution >= 0.6 is 11.3 Å². The highest BCUT2D eigenvalue weighted by Gasteiger charge is 2.33. The summed E-state index contributed by atoms with van der Waals surface area (Å²) >= 11 is 1.65. The molecule has 4 rings (SSSR count). The van der Waals surface area contributed by atoms with Crippen molar-refractivity contribution in [1.82, 2.24) is 15.2 Å². The summed E-state index contributed by atoms with van der Waals surface area (Å²) < 4.78 is 1.09. The van der Waals surface area contributed by atoms with Gasteiger partial charge in [0.1, 0.15) is 5.69 Å². The van der Waals surface area contributed by atoms with E-state index in [0.717, 1.165) is 34.0 Å². The van der Waals surface area contributed by atoms with Crippen LogP contribution in [0.3, 0.4) is 0 Å². The van der Waals surface area contributed by atoms with Gasteiger partial charge in [-0.2, -0.15) is 0 Å². The van der Waals surface area contributed by atoms with Gasteiger partial charge in [0, 0.05) is 42.5 Å². The van der Waals surface area contributed by atoms with Gasteiger partial charge < -0.3 is 15.5 Å². The van der Waals surface area contributed by atoms with Gasteiger partial charge in [-0.15, -0.1) is 11.3 Å². The number of hydrogen-bond acceptors (Lipinski definition) is 5. The van der Waals surface area contributed by atoms with Crippen molar-refractivity contribution in [1.29, 1.82) is 0 Å². The van der Waals surface area contributed by atoms with Crippen LogP contribution in [0.2, 0.25) is 0 Å². The molecular formula is C16H20N4OS. The van der Waals surface area contributed by atoms with Crippen molar-refractivity contribution < 1.29 is 4.79 Å². The lowest BCUT2D eigenvalue weighted by atomic mass is 9.97. The minimum atomic E-state index is -0.0474. The minimum Gasteiger partial charge on any atom is -0.380 e. The van der Waals surface area contributed by atoms with Crippen LogP contribution in [0.4, 0.5) is 5.00 Å². The Balaban J connectivity index is 1.50. The maximum Gasteiger partial charge on any atom is 0.270 e. The highest BCUT2D eigenvalue weighted by atomic mass is 32.1. The molecule has 116 valence electrons. The molecule has 2 N–H and O–H groups in total. The molecule has 2 aromatic heterocycles. The van der Waals surface area contributed by atoms with Crippen LogP contribution in [0.5, 0.6) is 0 Å². The van der Waals surface area contributed by atoms with Gasteiger partial charge in [-0.3, -0.25) is 9.78 Å². The van der Waals surface area contributed by atoms with Gasteiger partial charge in [-0.25, -0.2) is 0 Å². The van der Waals surface area contributed by atoms with E-state index in [-0.39, 0.29) is 11.9 Å². The molecule has 1 amide bonds. The second-order valence-electron chi connectivity index (χ2n) is 6.29. The number of rotatable bonds is 3. The van der Waals surface area contributed by atoms with Gasteiger partial charge in [0.25, 0.3) is 5.91 Å². The fraction of sp³-hybridized carbons (Fsp3) is 0.500. The third kappa shape index (κ3) is 2.57. The Morgan fingerprint density at radius 2 is 2.32 bits per heavy atom. The molecule has 0 spiro atoms. The zero-order chi connectivity index (χ0) is 15.1. The lowest BCUT2D eigenvalue weighted by molar-refractivity contribution is 0.0904. The molecule has 5 nitrogen and oxygen atoms in total. The van der Waals surface area contributed by atoms with Crippen molar-refractivity contribution in [2.45, 2.75) is 18.9 Å². The summed E-state index contributed by atoms with van der Waals surface area (Å²) in [4.78, 5) is 19.2. The number of carbonyl (C=O) groups is 1. The number of anilines is 1. The number of fused-ring (bicyclic) bond motifs is 3. The molecule has 0 radical (unpaired) electrons. The number of carbonyl (C=O) groups excluding carboxylic acids is 1. The third-order valence-corrected chi connectivity index (χ3v) is 5.80. The summed E-state index contributed by atoms with van der Waals surface area (Å²) in [7, 11) is 1.90. The number of aromatic nitrogens is 1. The summed E-state index contributed by atoms with van der Waals surface area (Å²) in [5.74, 6) is 0.707. The summed E-state index contributed by atoms with van der Waals surface area (Å²) in [6, 6.07) is 4.22. The molecule has 0 aliphatic carbocycles. The summed E-state index contributed by atoms with van der Waals surface area (Å²) in [5.41, 5.74) is 0.518. The molecule has 0 saturated carbocycles. The molecule has 0 aromatic carbocycles. The Hall–Kier alpha value is -1.66. The van der Waals surface area contributed by atoms with Crippen LogP contribution in [-0.4, -0.2) is 48.5 Å². The largest absolute Gasteiger partial charge is 0.380 e. The Morgan fingerprint density at radius 3 is 3.14 bits per heavy atom. The predicted octanol–water partition coefficient (Wildman–Crippen LogP) is 2.16. The molecule has 2 saturated heterocycles. The minimum absolute atomic E-state index is 0.0474. The van der Waals surface area contributed by atoms with Crippen molar-refractivity contribution in [3.63, 3.8) is 0 Å². The maximum absolute atomic E-state index is 12.5. The molecule has 2 fully saturated rings. The second kappa shape index (κ2) is 5.52. The van der Waals surface area contributed by atoms with Gasteiger partial charge in [0.05, 0.1) is 5.00 Å². The first-order valence-electron chi connectivity index (χ1n) is 7.82. The van der Waals surface area contributed by atoms with E-state index in [4.69, 9.17) is 0 Å². The highest BCUT2D eigenvalue weighted by Crippen LogP contribution is 2.30. The van der Waals surface area contributed by atoms with E-state index in [1.54, 1.807) is 17.5 Å². The van der Waals surface area contributed by atoms with Crippen LogP contribution in [-0.2, 0) is 0 Å². The van der Waals surface area contributed by atoms with Crippen molar-refractivity contribution in [3.05, 3.63) is 24.0 Å². The average molecular weight is 316 g/mol. The zero-order valence-corrected chi connectivity index (χ0v) is 13.4. The molecule has 2 bridgehead atoms. The normalized spacial score (nSPS) is 27.0. The molecular weight excluding hydrogens is 296 g/mol. The smallest absolute Gasteiger partial charge is 0.270 e. The van der Waals surface area contributed by atoms with Crippen LogP contribution in [0, 0.1) is 5.92 Å². The van der Waals surface area contributed by atoms with Gasteiger partial charge in [0.15, 0.2) is 0 Å². The SMILES string of the molecule is CNc1cc2cnc(C(=O)N[C@@H]3C[C@@H]4CCN(C4)C3)cc2s1. The van der Waals surface area contributed by atoms with Gasteiger partial charge >= 0.3 is 0 Å². The second-order valence-corrected chi connectivity index (χ2v) is 7.37. The Morgan fingerprint density at radius 1 is 1.41 bits per heavy atom. The molecule has 2 aromatic rings. The van der Waals surface area contributed by atoms with E-state index in [1.807, 2.05) is 13.1 Å². The standard InChI is InChI=1S/C16H20N4OS/c1-17-15-5-11-7-18-13(6-14(11)22-15)16(21)19-12-4-10-2-3-20(8-10)9-12/h5-7,10,12,17H,2-4,8-9H2,1H3,(H,19,21)/t10-,12+/m0/s1.